The summed E-state index contributed by atoms with van der Waals surface area (Å²) in [4.78, 5) is 0. The smallest absolute Gasteiger partial charge is 0.119 e. The van der Waals surface area contributed by atoms with Crippen LogP contribution in [0.1, 0.15) is 30.0 Å². The second-order valence-corrected chi connectivity index (χ2v) is 6.33. The molecule has 0 spiro atoms. The van der Waals surface area contributed by atoms with Gasteiger partial charge in [-0.2, -0.15) is 0 Å². The first-order chi connectivity index (χ1) is 12.6. The molecule has 0 heterocycles. The fourth-order valence-electron chi connectivity index (χ4n) is 3.29. The van der Waals surface area contributed by atoms with Crippen LogP contribution in [0.4, 0.5) is 0 Å². The van der Waals surface area contributed by atoms with Gasteiger partial charge in [0.05, 0.1) is 7.11 Å². The molecule has 1 N–H and O–H groups in total. The van der Waals surface area contributed by atoms with Gasteiger partial charge in [0, 0.05) is 5.56 Å². The van der Waals surface area contributed by atoms with Crippen molar-refractivity contribution in [2.75, 3.05) is 7.11 Å². The molecule has 0 saturated heterocycles. The standard InChI is InChI=1S/C24H24O2/c1-4-5-9-19-13-14-22-21(11-7-12-24(22)25)23(17(19)2)16-18-8-6-10-20(15-18)26-3/h4-12,15-16,25H,2,13-14H2,1,3H3/b5-4-,19-9-,23-16+. The number of hydrogen-bond acceptors (Lipinski definition) is 2. The van der Waals surface area contributed by atoms with Crippen LogP contribution in [0.2, 0.25) is 0 Å². The molecule has 0 fully saturated rings. The zero-order valence-corrected chi connectivity index (χ0v) is 15.3. The Hall–Kier alpha value is -3.00. The minimum absolute atomic E-state index is 0.346. The average Bonchev–Trinajstić information content (AvgIpc) is 2.79. The highest BCUT2D eigenvalue weighted by atomic mass is 16.5. The lowest BCUT2D eigenvalue weighted by Crippen LogP contribution is -1.92. The van der Waals surface area contributed by atoms with E-state index >= 15 is 0 Å². The molecule has 2 heteroatoms. The maximum Gasteiger partial charge on any atom is 0.119 e. The molecule has 1 aliphatic rings. The molecular weight excluding hydrogens is 320 g/mol. The van der Waals surface area contributed by atoms with Crippen LogP contribution in [0.25, 0.3) is 11.6 Å². The van der Waals surface area contributed by atoms with E-state index in [2.05, 4.69) is 24.8 Å². The quantitative estimate of drug-likeness (QED) is 0.698. The molecule has 0 bridgehead atoms. The summed E-state index contributed by atoms with van der Waals surface area (Å²) in [6, 6.07) is 13.7. The second kappa shape index (κ2) is 7.92. The van der Waals surface area contributed by atoms with Crippen LogP contribution in [0.15, 0.2) is 78.4 Å². The van der Waals surface area contributed by atoms with E-state index in [4.69, 9.17) is 4.74 Å². The van der Waals surface area contributed by atoms with Gasteiger partial charge in [-0.3, -0.25) is 0 Å². The number of fused-ring (bicyclic) bond motifs is 1. The molecule has 0 amide bonds. The molecule has 2 nitrogen and oxygen atoms in total. The highest BCUT2D eigenvalue weighted by molar-refractivity contribution is 5.95. The fraction of sp³-hybridized carbons (Fsp3) is 0.167. The van der Waals surface area contributed by atoms with Crippen molar-refractivity contribution in [2.45, 2.75) is 19.8 Å². The lowest BCUT2D eigenvalue weighted by atomic mass is 9.92. The van der Waals surface area contributed by atoms with Crippen molar-refractivity contribution in [3.05, 3.63) is 95.1 Å². The Bertz CT molecular complexity index is 914. The van der Waals surface area contributed by atoms with Crippen molar-refractivity contribution >= 4 is 11.6 Å². The van der Waals surface area contributed by atoms with Gasteiger partial charge in [-0.25, -0.2) is 0 Å². The molecule has 2 aromatic carbocycles. The van der Waals surface area contributed by atoms with E-state index in [1.807, 2.05) is 49.4 Å². The Labute approximate surface area is 155 Å². The van der Waals surface area contributed by atoms with Crippen molar-refractivity contribution in [3.63, 3.8) is 0 Å². The molecule has 3 rings (SSSR count). The Morgan fingerprint density at radius 1 is 1.12 bits per heavy atom. The molecule has 2 aromatic rings. The van der Waals surface area contributed by atoms with E-state index in [9.17, 15) is 5.11 Å². The first-order valence-corrected chi connectivity index (χ1v) is 8.82. The number of allylic oxidation sites excluding steroid dienone is 6. The van der Waals surface area contributed by atoms with Crippen LogP contribution in [0, 0.1) is 0 Å². The van der Waals surface area contributed by atoms with Crippen LogP contribution in [0.5, 0.6) is 11.5 Å². The van der Waals surface area contributed by atoms with E-state index in [1.165, 1.54) is 5.57 Å². The SMILES string of the molecule is C=C1/C(=C\C=C/C)CCc2c(O)cccc2/C1=C/c1cccc(OC)c1. The predicted molar refractivity (Wildman–Crippen MR) is 109 cm³/mol. The summed E-state index contributed by atoms with van der Waals surface area (Å²) in [6.07, 6.45) is 9.94. The fourth-order valence-corrected chi connectivity index (χ4v) is 3.29. The van der Waals surface area contributed by atoms with Crippen LogP contribution in [-0.4, -0.2) is 12.2 Å². The number of hydrogen-bond donors (Lipinski definition) is 1. The molecular formula is C24H24O2. The summed E-state index contributed by atoms with van der Waals surface area (Å²) in [5.74, 6) is 1.17. The predicted octanol–water partition coefficient (Wildman–Crippen LogP) is 5.95. The minimum Gasteiger partial charge on any atom is -0.508 e. The summed E-state index contributed by atoms with van der Waals surface area (Å²) in [7, 11) is 1.67. The van der Waals surface area contributed by atoms with E-state index in [0.717, 1.165) is 46.4 Å². The monoisotopic (exact) mass is 344 g/mol. The molecule has 0 unspecified atom stereocenters. The van der Waals surface area contributed by atoms with E-state index < -0.39 is 0 Å². The maximum absolute atomic E-state index is 10.4. The third-order valence-electron chi connectivity index (χ3n) is 4.69. The molecule has 0 aromatic heterocycles. The second-order valence-electron chi connectivity index (χ2n) is 6.33. The Morgan fingerprint density at radius 3 is 2.69 bits per heavy atom. The van der Waals surface area contributed by atoms with Gasteiger partial charge in [0.15, 0.2) is 0 Å². The van der Waals surface area contributed by atoms with Crippen LogP contribution < -0.4 is 4.74 Å². The molecule has 0 saturated carbocycles. The van der Waals surface area contributed by atoms with Gasteiger partial charge in [0.1, 0.15) is 11.5 Å². The molecule has 26 heavy (non-hydrogen) atoms. The van der Waals surface area contributed by atoms with Gasteiger partial charge in [-0.1, -0.05) is 49.1 Å². The Kier molecular flexibility index (Phi) is 5.43. The number of benzene rings is 2. The maximum atomic E-state index is 10.4. The van der Waals surface area contributed by atoms with Crippen molar-refractivity contribution < 1.29 is 9.84 Å². The summed E-state index contributed by atoms with van der Waals surface area (Å²) >= 11 is 0. The lowest BCUT2D eigenvalue weighted by Gasteiger charge is -2.13. The van der Waals surface area contributed by atoms with Crippen molar-refractivity contribution in [1.29, 1.82) is 0 Å². The number of rotatable bonds is 3. The van der Waals surface area contributed by atoms with Gasteiger partial charge in [0.25, 0.3) is 0 Å². The average molecular weight is 344 g/mol. The number of phenols is 1. The first kappa shape index (κ1) is 17.8. The minimum atomic E-state index is 0.346. The molecule has 132 valence electrons. The summed E-state index contributed by atoms with van der Waals surface area (Å²) in [6.45, 7) is 6.38. The molecule has 0 aliphatic heterocycles. The van der Waals surface area contributed by atoms with Crippen LogP contribution in [0.3, 0.4) is 0 Å². The number of phenolic OH excluding ortho intramolecular Hbond substituents is 1. The summed E-state index contributed by atoms with van der Waals surface area (Å²) < 4.78 is 5.35. The third kappa shape index (κ3) is 3.65. The van der Waals surface area contributed by atoms with Crippen LogP contribution >= 0.6 is 0 Å². The molecule has 1 aliphatic carbocycles. The van der Waals surface area contributed by atoms with E-state index in [-0.39, 0.29) is 0 Å². The largest absolute Gasteiger partial charge is 0.508 e. The topological polar surface area (TPSA) is 29.5 Å². The first-order valence-electron chi connectivity index (χ1n) is 8.82. The van der Waals surface area contributed by atoms with E-state index in [1.54, 1.807) is 13.2 Å². The third-order valence-corrected chi connectivity index (χ3v) is 4.69. The molecule has 0 radical (unpaired) electrons. The van der Waals surface area contributed by atoms with Crippen molar-refractivity contribution in [3.8, 4) is 11.5 Å². The van der Waals surface area contributed by atoms with Crippen molar-refractivity contribution in [1.82, 2.24) is 0 Å². The number of methoxy groups -OCH3 is 1. The van der Waals surface area contributed by atoms with Gasteiger partial charge < -0.3 is 9.84 Å². The van der Waals surface area contributed by atoms with Gasteiger partial charge in [0.2, 0.25) is 0 Å². The van der Waals surface area contributed by atoms with Crippen LogP contribution in [-0.2, 0) is 6.42 Å². The van der Waals surface area contributed by atoms with Gasteiger partial charge >= 0.3 is 0 Å². The van der Waals surface area contributed by atoms with Crippen molar-refractivity contribution in [2.24, 2.45) is 0 Å². The number of ether oxygens (including phenoxy) is 1. The summed E-state index contributed by atoms with van der Waals surface area (Å²) in [5, 5.41) is 10.4. The highest BCUT2D eigenvalue weighted by Gasteiger charge is 2.21. The van der Waals surface area contributed by atoms with E-state index in [0.29, 0.717) is 5.75 Å². The zero-order valence-electron chi connectivity index (χ0n) is 15.3. The van der Waals surface area contributed by atoms with Gasteiger partial charge in [-0.15, -0.1) is 0 Å². The lowest BCUT2D eigenvalue weighted by molar-refractivity contribution is 0.414. The number of aromatic hydroxyl groups is 1. The highest BCUT2D eigenvalue weighted by Crippen LogP contribution is 2.40. The Morgan fingerprint density at radius 2 is 1.92 bits per heavy atom. The zero-order chi connectivity index (χ0) is 18.5. The summed E-state index contributed by atoms with van der Waals surface area (Å²) in [5.41, 5.74) is 6.29. The van der Waals surface area contributed by atoms with Gasteiger partial charge in [-0.05, 0) is 71.9 Å². The normalized spacial score (nSPS) is 17.5. The molecule has 0 atom stereocenters. The Balaban J connectivity index is 2.18.